The van der Waals surface area contributed by atoms with Crippen molar-refractivity contribution >= 4 is 12.2 Å². The molecule has 17 heavy (non-hydrogen) atoms. The van der Waals surface area contributed by atoms with Gasteiger partial charge in [0.15, 0.2) is 4.77 Å². The summed E-state index contributed by atoms with van der Waals surface area (Å²) < 4.78 is 7.77. The highest BCUT2D eigenvalue weighted by Gasteiger charge is 2.07. The molecule has 0 fully saturated rings. The molecule has 0 saturated heterocycles. The zero-order valence-corrected chi connectivity index (χ0v) is 10.8. The van der Waals surface area contributed by atoms with Crippen molar-refractivity contribution < 1.29 is 4.74 Å². The van der Waals surface area contributed by atoms with Crippen molar-refractivity contribution in [3.05, 3.63) is 34.9 Å². The standard InChI is InChI=1S/C12H15N3OS/c1-3-5-11-13-14-12(17)15(11)9-6-4-7-10(8-9)16-2/h4,6-8H,3,5H2,1-2H3,(H,14,17). The summed E-state index contributed by atoms with van der Waals surface area (Å²) in [5, 5.41) is 7.08. The topological polar surface area (TPSA) is 42.8 Å². The van der Waals surface area contributed by atoms with Crippen LogP contribution >= 0.6 is 12.2 Å². The van der Waals surface area contributed by atoms with Crippen LogP contribution in [0.15, 0.2) is 24.3 Å². The lowest BCUT2D eigenvalue weighted by Gasteiger charge is -2.07. The molecule has 2 rings (SSSR count). The molecule has 1 N–H and O–H groups in total. The molecule has 1 heterocycles. The van der Waals surface area contributed by atoms with Crippen molar-refractivity contribution in [1.82, 2.24) is 14.8 Å². The first-order chi connectivity index (χ1) is 8.26. The maximum Gasteiger partial charge on any atom is 0.199 e. The maximum atomic E-state index is 5.25. The highest BCUT2D eigenvalue weighted by Crippen LogP contribution is 2.18. The van der Waals surface area contributed by atoms with E-state index >= 15 is 0 Å². The van der Waals surface area contributed by atoms with Gasteiger partial charge in [0.25, 0.3) is 0 Å². The van der Waals surface area contributed by atoms with E-state index in [2.05, 4.69) is 17.1 Å². The fourth-order valence-electron chi connectivity index (χ4n) is 1.74. The molecular weight excluding hydrogens is 234 g/mol. The van der Waals surface area contributed by atoms with E-state index in [-0.39, 0.29) is 0 Å². The minimum Gasteiger partial charge on any atom is -0.497 e. The van der Waals surface area contributed by atoms with Crippen LogP contribution in [0.3, 0.4) is 0 Å². The second kappa shape index (κ2) is 5.14. The zero-order chi connectivity index (χ0) is 12.3. The highest BCUT2D eigenvalue weighted by molar-refractivity contribution is 7.71. The van der Waals surface area contributed by atoms with E-state index < -0.39 is 0 Å². The van der Waals surface area contributed by atoms with Crippen molar-refractivity contribution in [2.75, 3.05) is 7.11 Å². The van der Waals surface area contributed by atoms with Gasteiger partial charge in [-0.15, -0.1) is 0 Å². The summed E-state index contributed by atoms with van der Waals surface area (Å²) in [7, 11) is 1.65. The summed E-state index contributed by atoms with van der Waals surface area (Å²) in [5.41, 5.74) is 0.978. The Bertz CT molecular complexity index is 559. The van der Waals surface area contributed by atoms with Gasteiger partial charge in [0.1, 0.15) is 11.6 Å². The Balaban J connectivity index is 2.51. The third kappa shape index (κ3) is 2.39. The Labute approximate surface area is 105 Å². The lowest BCUT2D eigenvalue weighted by molar-refractivity contribution is 0.414. The van der Waals surface area contributed by atoms with Crippen LogP contribution in [0.25, 0.3) is 5.69 Å². The van der Waals surface area contributed by atoms with Gasteiger partial charge in [0.2, 0.25) is 0 Å². The van der Waals surface area contributed by atoms with E-state index in [1.807, 2.05) is 28.8 Å². The second-order valence-electron chi connectivity index (χ2n) is 3.73. The third-order valence-corrected chi connectivity index (χ3v) is 2.80. The summed E-state index contributed by atoms with van der Waals surface area (Å²) in [5.74, 6) is 1.76. The van der Waals surface area contributed by atoms with Crippen molar-refractivity contribution in [2.45, 2.75) is 19.8 Å². The van der Waals surface area contributed by atoms with Gasteiger partial charge in [-0.25, -0.2) is 0 Å². The fourth-order valence-corrected chi connectivity index (χ4v) is 1.99. The maximum absolute atomic E-state index is 5.25. The minimum absolute atomic E-state index is 0.613. The van der Waals surface area contributed by atoms with E-state index in [1.165, 1.54) is 0 Å². The molecule has 2 aromatic rings. The average Bonchev–Trinajstić information content (AvgIpc) is 2.71. The first-order valence-corrected chi connectivity index (χ1v) is 5.97. The first-order valence-electron chi connectivity index (χ1n) is 5.57. The van der Waals surface area contributed by atoms with Crippen LogP contribution in [0, 0.1) is 4.77 Å². The molecule has 0 atom stereocenters. The number of H-pyrrole nitrogens is 1. The molecule has 0 aliphatic heterocycles. The molecule has 0 amide bonds. The number of hydrogen-bond donors (Lipinski definition) is 1. The monoisotopic (exact) mass is 249 g/mol. The number of nitrogens with one attached hydrogen (secondary N) is 1. The molecule has 0 unspecified atom stereocenters. The molecule has 0 aliphatic rings. The van der Waals surface area contributed by atoms with Gasteiger partial charge in [-0.2, -0.15) is 5.10 Å². The number of benzene rings is 1. The summed E-state index contributed by atoms with van der Waals surface area (Å²) >= 11 is 5.25. The first kappa shape index (κ1) is 11.9. The van der Waals surface area contributed by atoms with Crippen LogP contribution in [0.1, 0.15) is 19.2 Å². The van der Waals surface area contributed by atoms with Crippen LogP contribution in [0.2, 0.25) is 0 Å². The van der Waals surface area contributed by atoms with Crippen LogP contribution < -0.4 is 4.74 Å². The summed E-state index contributed by atoms with van der Waals surface area (Å²) in [4.78, 5) is 0. The van der Waals surface area contributed by atoms with Crippen molar-refractivity contribution in [2.24, 2.45) is 0 Å². The van der Waals surface area contributed by atoms with E-state index in [0.717, 1.165) is 30.1 Å². The van der Waals surface area contributed by atoms with Crippen LogP contribution in [-0.2, 0) is 6.42 Å². The van der Waals surface area contributed by atoms with E-state index in [0.29, 0.717) is 4.77 Å². The Morgan fingerprint density at radius 3 is 3.00 bits per heavy atom. The van der Waals surface area contributed by atoms with E-state index in [4.69, 9.17) is 17.0 Å². The summed E-state index contributed by atoms with van der Waals surface area (Å²) in [6, 6.07) is 7.79. The van der Waals surface area contributed by atoms with Crippen molar-refractivity contribution in [1.29, 1.82) is 0 Å². The molecule has 0 spiro atoms. The number of methoxy groups -OCH3 is 1. The molecule has 1 aromatic heterocycles. The number of aromatic amines is 1. The lowest BCUT2D eigenvalue weighted by atomic mass is 10.2. The number of hydrogen-bond acceptors (Lipinski definition) is 3. The molecule has 5 heteroatoms. The Morgan fingerprint density at radius 2 is 2.29 bits per heavy atom. The predicted octanol–water partition coefficient (Wildman–Crippen LogP) is 2.89. The smallest absolute Gasteiger partial charge is 0.199 e. The number of ether oxygens (including phenoxy) is 1. The second-order valence-corrected chi connectivity index (χ2v) is 4.12. The summed E-state index contributed by atoms with van der Waals surface area (Å²) in [6.07, 6.45) is 1.92. The van der Waals surface area contributed by atoms with Gasteiger partial charge in [0, 0.05) is 12.5 Å². The van der Waals surface area contributed by atoms with E-state index in [9.17, 15) is 0 Å². The molecule has 90 valence electrons. The molecular formula is C12H15N3OS. The van der Waals surface area contributed by atoms with Gasteiger partial charge in [-0.05, 0) is 30.8 Å². The normalized spacial score (nSPS) is 10.5. The molecule has 1 aromatic carbocycles. The SMILES string of the molecule is CCCc1n[nH]c(=S)n1-c1cccc(OC)c1. The van der Waals surface area contributed by atoms with Crippen molar-refractivity contribution in [3.8, 4) is 11.4 Å². The van der Waals surface area contributed by atoms with Crippen LogP contribution in [0.4, 0.5) is 0 Å². The van der Waals surface area contributed by atoms with Gasteiger partial charge in [0.05, 0.1) is 12.8 Å². The van der Waals surface area contributed by atoms with Gasteiger partial charge in [-0.3, -0.25) is 9.67 Å². The Kier molecular flexibility index (Phi) is 3.58. The zero-order valence-electron chi connectivity index (χ0n) is 9.93. The molecule has 0 bridgehead atoms. The Hall–Kier alpha value is -1.62. The van der Waals surface area contributed by atoms with Gasteiger partial charge < -0.3 is 4.74 Å². The number of nitrogens with zero attached hydrogens (tertiary/aromatic N) is 2. The number of aromatic nitrogens is 3. The Morgan fingerprint density at radius 1 is 1.47 bits per heavy atom. The molecule has 0 aliphatic carbocycles. The fraction of sp³-hybridized carbons (Fsp3) is 0.333. The largest absolute Gasteiger partial charge is 0.497 e. The van der Waals surface area contributed by atoms with E-state index in [1.54, 1.807) is 7.11 Å². The molecule has 4 nitrogen and oxygen atoms in total. The quantitative estimate of drug-likeness (QED) is 0.847. The molecule has 0 radical (unpaired) electrons. The van der Waals surface area contributed by atoms with Crippen LogP contribution in [-0.4, -0.2) is 21.9 Å². The number of rotatable bonds is 4. The molecule has 0 saturated carbocycles. The highest BCUT2D eigenvalue weighted by atomic mass is 32.1. The minimum atomic E-state index is 0.613. The summed E-state index contributed by atoms with van der Waals surface area (Å²) in [6.45, 7) is 2.12. The third-order valence-electron chi connectivity index (χ3n) is 2.53. The van der Waals surface area contributed by atoms with Gasteiger partial charge >= 0.3 is 0 Å². The average molecular weight is 249 g/mol. The van der Waals surface area contributed by atoms with Crippen molar-refractivity contribution in [3.63, 3.8) is 0 Å². The van der Waals surface area contributed by atoms with Crippen LogP contribution in [0.5, 0.6) is 5.75 Å². The van der Waals surface area contributed by atoms with Gasteiger partial charge in [-0.1, -0.05) is 13.0 Å². The lowest BCUT2D eigenvalue weighted by Crippen LogP contribution is -2.01. The predicted molar refractivity (Wildman–Crippen MR) is 69.3 cm³/mol. The number of aryl methyl sites for hydroxylation is 1.